The average Bonchev–Trinajstić information content (AvgIpc) is 2.93. The van der Waals surface area contributed by atoms with E-state index in [0.29, 0.717) is 35.4 Å². The van der Waals surface area contributed by atoms with Gasteiger partial charge in [0, 0.05) is 23.9 Å². The van der Waals surface area contributed by atoms with Crippen LogP contribution in [0.3, 0.4) is 0 Å². The fourth-order valence-electron chi connectivity index (χ4n) is 2.74. The summed E-state index contributed by atoms with van der Waals surface area (Å²) in [6, 6.07) is 12.9. The quantitative estimate of drug-likeness (QED) is 0.571. The highest BCUT2D eigenvalue weighted by Gasteiger charge is 2.20. The molecule has 0 aliphatic rings. The first kappa shape index (κ1) is 15.2. The number of ketones is 1. The Labute approximate surface area is 134 Å². The largest absolute Gasteiger partial charge is 0.497 e. The van der Waals surface area contributed by atoms with Crippen molar-refractivity contribution in [2.24, 2.45) is 0 Å². The predicted molar refractivity (Wildman–Crippen MR) is 91.0 cm³/mol. The number of aryl methyl sites for hydroxylation is 1. The number of carbonyl (C=O) groups excluding carboxylic acids is 1. The van der Waals surface area contributed by atoms with Crippen molar-refractivity contribution < 1.29 is 13.9 Å². The maximum Gasteiger partial charge on any atom is 0.171 e. The summed E-state index contributed by atoms with van der Waals surface area (Å²) in [5, 5.41) is 0.792. The van der Waals surface area contributed by atoms with E-state index in [0.717, 1.165) is 16.7 Å². The van der Waals surface area contributed by atoms with Gasteiger partial charge in [0.15, 0.2) is 5.78 Å². The number of fused-ring (bicyclic) bond motifs is 1. The molecule has 0 amide bonds. The number of nitrogen functional groups attached to an aromatic ring is 1. The van der Waals surface area contributed by atoms with Crippen molar-refractivity contribution in [3.8, 4) is 5.75 Å². The van der Waals surface area contributed by atoms with Crippen molar-refractivity contribution in [3.63, 3.8) is 0 Å². The zero-order valence-electron chi connectivity index (χ0n) is 13.3. The molecule has 0 bridgehead atoms. The molecule has 118 valence electrons. The number of furan rings is 1. The number of rotatable bonds is 5. The molecule has 4 heteroatoms. The van der Waals surface area contributed by atoms with Gasteiger partial charge in [0.1, 0.15) is 17.1 Å². The molecular weight excluding hydrogens is 290 g/mol. The first-order valence-electron chi connectivity index (χ1n) is 7.59. The van der Waals surface area contributed by atoms with Crippen LogP contribution in [0.15, 0.2) is 46.9 Å². The molecular formula is C19H19NO3. The smallest absolute Gasteiger partial charge is 0.171 e. The zero-order chi connectivity index (χ0) is 16.4. The normalized spacial score (nSPS) is 10.9. The minimum atomic E-state index is 0.0383. The van der Waals surface area contributed by atoms with Gasteiger partial charge in [-0.1, -0.05) is 19.1 Å². The topological polar surface area (TPSA) is 65.5 Å². The van der Waals surface area contributed by atoms with Gasteiger partial charge in [0.25, 0.3) is 0 Å². The van der Waals surface area contributed by atoms with E-state index in [4.69, 9.17) is 14.9 Å². The fraction of sp³-hybridized carbons (Fsp3) is 0.211. The molecule has 4 nitrogen and oxygen atoms in total. The van der Waals surface area contributed by atoms with Crippen LogP contribution in [0.1, 0.15) is 28.6 Å². The molecule has 3 rings (SSSR count). The Balaban J connectivity index is 1.97. The lowest BCUT2D eigenvalue weighted by molar-refractivity contribution is 0.0992. The van der Waals surface area contributed by atoms with Crippen molar-refractivity contribution in [1.82, 2.24) is 0 Å². The number of Topliss-reactive ketones (excluding diaryl/α,β-unsaturated/α-hetero) is 1. The number of carbonyl (C=O) groups is 1. The monoisotopic (exact) mass is 309 g/mol. The highest BCUT2D eigenvalue weighted by atomic mass is 16.5. The fourth-order valence-corrected chi connectivity index (χ4v) is 2.74. The minimum absolute atomic E-state index is 0.0383. The molecule has 0 aliphatic carbocycles. The van der Waals surface area contributed by atoms with Crippen LogP contribution in [-0.2, 0) is 12.8 Å². The second-order valence-corrected chi connectivity index (χ2v) is 5.46. The molecule has 0 aliphatic heterocycles. The Morgan fingerprint density at radius 2 is 1.91 bits per heavy atom. The van der Waals surface area contributed by atoms with Gasteiger partial charge in [-0.2, -0.15) is 0 Å². The second kappa shape index (κ2) is 6.16. The first-order valence-corrected chi connectivity index (χ1v) is 7.59. The van der Waals surface area contributed by atoms with E-state index < -0.39 is 0 Å². The number of nitrogens with two attached hydrogens (primary N) is 1. The third-order valence-corrected chi connectivity index (χ3v) is 3.91. The lowest BCUT2D eigenvalue weighted by Crippen LogP contribution is -2.05. The summed E-state index contributed by atoms with van der Waals surface area (Å²) in [7, 11) is 1.62. The standard InChI is InChI=1S/C19H19NO3/c1-3-17-19(15-11-13(20)6-9-18(15)23-17)16(21)10-12-4-7-14(22-2)8-5-12/h4-9,11H,3,10,20H2,1-2H3. The first-order chi connectivity index (χ1) is 11.1. The van der Waals surface area contributed by atoms with Gasteiger partial charge < -0.3 is 14.9 Å². The average molecular weight is 309 g/mol. The Morgan fingerprint density at radius 3 is 2.57 bits per heavy atom. The Kier molecular flexibility index (Phi) is 4.06. The number of hydrogen-bond acceptors (Lipinski definition) is 4. The van der Waals surface area contributed by atoms with Crippen molar-refractivity contribution in [2.45, 2.75) is 19.8 Å². The molecule has 1 heterocycles. The summed E-state index contributed by atoms with van der Waals surface area (Å²) in [6.45, 7) is 1.98. The van der Waals surface area contributed by atoms with E-state index in [-0.39, 0.29) is 5.78 Å². The van der Waals surface area contributed by atoms with Gasteiger partial charge in [-0.3, -0.25) is 4.79 Å². The van der Waals surface area contributed by atoms with E-state index in [1.54, 1.807) is 19.2 Å². The highest BCUT2D eigenvalue weighted by molar-refractivity contribution is 6.09. The summed E-state index contributed by atoms with van der Waals surface area (Å²) in [5.41, 5.74) is 8.77. The van der Waals surface area contributed by atoms with Crippen LogP contribution in [0.4, 0.5) is 5.69 Å². The van der Waals surface area contributed by atoms with Crippen molar-refractivity contribution in [1.29, 1.82) is 0 Å². The molecule has 0 saturated carbocycles. The van der Waals surface area contributed by atoms with Gasteiger partial charge >= 0.3 is 0 Å². The molecule has 0 unspecified atom stereocenters. The molecule has 0 spiro atoms. The van der Waals surface area contributed by atoms with Crippen molar-refractivity contribution >= 4 is 22.4 Å². The number of hydrogen-bond donors (Lipinski definition) is 1. The van der Waals surface area contributed by atoms with Crippen LogP contribution in [0.2, 0.25) is 0 Å². The van der Waals surface area contributed by atoms with Crippen LogP contribution in [0, 0.1) is 0 Å². The number of anilines is 1. The van der Waals surface area contributed by atoms with Gasteiger partial charge in [-0.25, -0.2) is 0 Å². The molecule has 1 aromatic heterocycles. The summed E-state index contributed by atoms with van der Waals surface area (Å²) in [4.78, 5) is 12.8. The molecule has 0 saturated heterocycles. The van der Waals surface area contributed by atoms with Crippen LogP contribution in [0.25, 0.3) is 11.0 Å². The Bertz CT molecular complexity index is 847. The summed E-state index contributed by atoms with van der Waals surface area (Å²) >= 11 is 0. The maximum atomic E-state index is 12.8. The summed E-state index contributed by atoms with van der Waals surface area (Å²) in [6.07, 6.45) is 0.985. The van der Waals surface area contributed by atoms with Gasteiger partial charge in [0.05, 0.1) is 12.7 Å². The zero-order valence-corrected chi connectivity index (χ0v) is 13.3. The van der Waals surface area contributed by atoms with E-state index in [9.17, 15) is 4.79 Å². The minimum Gasteiger partial charge on any atom is -0.497 e. The van der Waals surface area contributed by atoms with Crippen LogP contribution in [0.5, 0.6) is 5.75 Å². The molecule has 2 aromatic carbocycles. The summed E-state index contributed by atoms with van der Waals surface area (Å²) in [5.74, 6) is 1.53. The molecule has 0 fully saturated rings. The van der Waals surface area contributed by atoms with Gasteiger partial charge in [0.2, 0.25) is 0 Å². The maximum absolute atomic E-state index is 12.8. The molecule has 2 N–H and O–H groups in total. The van der Waals surface area contributed by atoms with Gasteiger partial charge in [-0.15, -0.1) is 0 Å². The third kappa shape index (κ3) is 2.93. The van der Waals surface area contributed by atoms with E-state index in [1.165, 1.54) is 0 Å². The Hall–Kier alpha value is -2.75. The predicted octanol–water partition coefficient (Wildman–Crippen LogP) is 4.01. The van der Waals surface area contributed by atoms with Crippen LogP contribution < -0.4 is 10.5 Å². The number of methoxy groups -OCH3 is 1. The molecule has 0 atom stereocenters. The Morgan fingerprint density at radius 1 is 1.17 bits per heavy atom. The lowest BCUT2D eigenvalue weighted by atomic mass is 9.99. The second-order valence-electron chi connectivity index (χ2n) is 5.46. The van der Waals surface area contributed by atoms with Crippen molar-refractivity contribution in [3.05, 3.63) is 59.4 Å². The van der Waals surface area contributed by atoms with Crippen LogP contribution in [-0.4, -0.2) is 12.9 Å². The SMILES string of the molecule is CCc1oc2ccc(N)cc2c1C(=O)Cc1ccc(OC)cc1. The van der Waals surface area contributed by atoms with Crippen molar-refractivity contribution in [2.75, 3.05) is 12.8 Å². The molecule has 23 heavy (non-hydrogen) atoms. The number of ether oxygens (including phenoxy) is 1. The van der Waals surface area contributed by atoms with E-state index >= 15 is 0 Å². The summed E-state index contributed by atoms with van der Waals surface area (Å²) < 4.78 is 10.9. The van der Waals surface area contributed by atoms with E-state index in [2.05, 4.69) is 0 Å². The highest BCUT2D eigenvalue weighted by Crippen LogP contribution is 2.29. The van der Waals surface area contributed by atoms with Crippen LogP contribution >= 0.6 is 0 Å². The number of benzene rings is 2. The van der Waals surface area contributed by atoms with Gasteiger partial charge in [-0.05, 0) is 35.9 Å². The molecule has 3 aromatic rings. The molecule has 0 radical (unpaired) electrons. The van der Waals surface area contributed by atoms with E-state index in [1.807, 2.05) is 37.3 Å². The third-order valence-electron chi connectivity index (χ3n) is 3.91. The lowest BCUT2D eigenvalue weighted by Gasteiger charge is -2.04.